The second-order valence-electron chi connectivity index (χ2n) is 10.7. The van der Waals surface area contributed by atoms with Gasteiger partial charge in [0.15, 0.2) is 0 Å². The zero-order valence-electron chi connectivity index (χ0n) is 23.4. The summed E-state index contributed by atoms with van der Waals surface area (Å²) in [6.07, 6.45) is 4.26. The molecule has 1 aromatic carbocycles. The van der Waals surface area contributed by atoms with E-state index in [0.29, 0.717) is 31.6 Å². The van der Waals surface area contributed by atoms with Crippen LogP contribution >= 0.6 is 0 Å². The van der Waals surface area contributed by atoms with E-state index in [0.717, 1.165) is 0 Å². The molecule has 4 bridgehead atoms. The second kappa shape index (κ2) is 13.7. The number of cyclic esters (lactones) is 1. The summed E-state index contributed by atoms with van der Waals surface area (Å²) in [5.41, 5.74) is 3.07. The Balaban J connectivity index is 1.85. The van der Waals surface area contributed by atoms with Crippen molar-refractivity contribution in [3.8, 4) is 5.75 Å². The van der Waals surface area contributed by atoms with Crippen LogP contribution in [-0.2, 0) is 23.9 Å². The lowest BCUT2D eigenvalue weighted by atomic mass is 9.86. The first-order valence-corrected chi connectivity index (χ1v) is 13.7. The summed E-state index contributed by atoms with van der Waals surface area (Å²) in [4.78, 5) is 52.1. The number of allylic oxidation sites excluding steroid dienone is 1. The van der Waals surface area contributed by atoms with Crippen LogP contribution < -0.4 is 15.5 Å². The van der Waals surface area contributed by atoms with Crippen LogP contribution in [0.4, 0.5) is 4.39 Å². The summed E-state index contributed by atoms with van der Waals surface area (Å²) in [5.74, 6) is -2.50. The normalized spacial score (nSPS) is 29.0. The summed E-state index contributed by atoms with van der Waals surface area (Å²) in [7, 11) is 0. The monoisotopic (exact) mass is 545 g/mol. The summed E-state index contributed by atoms with van der Waals surface area (Å²) in [6.45, 7) is 9.29. The Morgan fingerprint density at radius 3 is 2.54 bits per heavy atom. The van der Waals surface area contributed by atoms with Crippen LogP contribution in [0.1, 0.15) is 72.0 Å². The van der Waals surface area contributed by atoms with Crippen molar-refractivity contribution in [1.29, 1.82) is 0 Å². The minimum absolute atomic E-state index is 0.0354. The molecule has 0 radical (unpaired) electrons. The molecule has 5 atom stereocenters. The van der Waals surface area contributed by atoms with Crippen molar-refractivity contribution in [1.82, 2.24) is 15.8 Å². The van der Waals surface area contributed by atoms with E-state index in [1.807, 2.05) is 26.8 Å². The molecule has 2 amide bonds. The average Bonchev–Trinajstić information content (AvgIpc) is 2.90. The number of ketones is 1. The van der Waals surface area contributed by atoms with Gasteiger partial charge >= 0.3 is 5.97 Å². The van der Waals surface area contributed by atoms with Crippen LogP contribution in [0.25, 0.3) is 0 Å². The molecule has 3 rings (SSSR count). The Morgan fingerprint density at radius 2 is 1.82 bits per heavy atom. The summed E-state index contributed by atoms with van der Waals surface area (Å²) >= 11 is 0. The van der Waals surface area contributed by atoms with Gasteiger partial charge in [0.1, 0.15) is 42.1 Å². The predicted molar refractivity (Wildman–Crippen MR) is 143 cm³/mol. The molecule has 2 aliphatic rings. The molecule has 214 valence electrons. The number of rotatable bonds is 1. The Morgan fingerprint density at radius 1 is 1.08 bits per heavy atom. The molecule has 1 unspecified atom stereocenters. The molecule has 2 heterocycles. The maximum absolute atomic E-state index is 14.6. The van der Waals surface area contributed by atoms with Gasteiger partial charge in [-0.15, -0.1) is 0 Å². The van der Waals surface area contributed by atoms with Crippen molar-refractivity contribution in [2.45, 2.75) is 78.5 Å². The largest absolute Gasteiger partial charge is 0.490 e. The zero-order valence-corrected chi connectivity index (χ0v) is 23.4. The molecular formula is C29H40FN3O6. The van der Waals surface area contributed by atoms with Crippen molar-refractivity contribution >= 4 is 23.6 Å². The highest BCUT2D eigenvalue weighted by Crippen LogP contribution is 2.26. The highest BCUT2D eigenvalue weighted by Gasteiger charge is 2.34. The van der Waals surface area contributed by atoms with Crippen molar-refractivity contribution in [2.75, 3.05) is 13.2 Å². The number of halogens is 1. The highest BCUT2D eigenvalue weighted by atomic mass is 19.1. The van der Waals surface area contributed by atoms with Crippen LogP contribution in [0.3, 0.4) is 0 Å². The first-order valence-electron chi connectivity index (χ1n) is 13.7. The van der Waals surface area contributed by atoms with Gasteiger partial charge < -0.3 is 14.8 Å². The Labute approximate surface area is 229 Å². The van der Waals surface area contributed by atoms with E-state index >= 15 is 0 Å². The van der Waals surface area contributed by atoms with Gasteiger partial charge in [0.25, 0.3) is 5.91 Å². The maximum atomic E-state index is 14.6. The Bertz CT molecular complexity index is 1090. The average molecular weight is 546 g/mol. The number of nitrogens with zero attached hydrogens (tertiary/aromatic N) is 1. The molecule has 0 spiro atoms. The minimum Gasteiger partial charge on any atom is -0.490 e. The number of nitrogens with one attached hydrogen (secondary N) is 2. The van der Waals surface area contributed by atoms with Gasteiger partial charge in [-0.05, 0) is 57.2 Å². The molecule has 1 fully saturated rings. The topological polar surface area (TPSA) is 114 Å². The molecule has 1 aromatic rings. The van der Waals surface area contributed by atoms with Crippen molar-refractivity contribution < 1.29 is 33.0 Å². The van der Waals surface area contributed by atoms with Gasteiger partial charge in [0.2, 0.25) is 5.91 Å². The summed E-state index contributed by atoms with van der Waals surface area (Å²) in [5, 5.41) is 4.07. The fourth-order valence-electron chi connectivity index (χ4n) is 4.67. The van der Waals surface area contributed by atoms with E-state index in [9.17, 15) is 23.6 Å². The summed E-state index contributed by atoms with van der Waals surface area (Å²) in [6, 6.07) is 2.58. The molecule has 39 heavy (non-hydrogen) atoms. The molecule has 2 aliphatic heterocycles. The maximum Gasteiger partial charge on any atom is 0.325 e. The minimum atomic E-state index is -0.889. The van der Waals surface area contributed by atoms with E-state index in [1.54, 1.807) is 19.9 Å². The number of esters is 1. The lowest BCUT2D eigenvalue weighted by molar-refractivity contribution is -0.157. The van der Waals surface area contributed by atoms with Crippen LogP contribution in [-0.4, -0.2) is 53.8 Å². The van der Waals surface area contributed by atoms with E-state index in [-0.39, 0.29) is 42.1 Å². The van der Waals surface area contributed by atoms with Crippen LogP contribution in [0.2, 0.25) is 0 Å². The third-order valence-electron chi connectivity index (χ3n) is 7.28. The van der Waals surface area contributed by atoms with Gasteiger partial charge in [0, 0.05) is 30.4 Å². The smallest absolute Gasteiger partial charge is 0.325 e. The lowest BCUT2D eigenvalue weighted by Gasteiger charge is -2.35. The van der Waals surface area contributed by atoms with Crippen molar-refractivity contribution in [2.24, 2.45) is 17.8 Å². The third kappa shape index (κ3) is 8.11. The number of hydrazine groups is 1. The van der Waals surface area contributed by atoms with Gasteiger partial charge in [0.05, 0.1) is 0 Å². The first kappa shape index (κ1) is 30.3. The molecular weight excluding hydrogens is 505 g/mol. The lowest BCUT2D eigenvalue weighted by Crippen LogP contribution is -2.59. The SMILES string of the molecule is CC(C)[C@@H]1CC(=O)[C@H](C)C/C=C/COc2ccc(F)c(c2)[C@@H](C)OC(=O)C2CCCN(N2)C(=O)[C@H](C)NC1=O. The number of Topliss-reactive ketones (excluding diaryl/α,β-unsaturated/α-hetero) is 1. The van der Waals surface area contributed by atoms with Crippen LogP contribution in [0.5, 0.6) is 5.75 Å². The Hall–Kier alpha value is -3.27. The number of carbonyl (C=O) groups excluding carboxylic acids is 4. The van der Waals surface area contributed by atoms with Crippen molar-refractivity contribution in [3.63, 3.8) is 0 Å². The third-order valence-corrected chi connectivity index (χ3v) is 7.28. The molecule has 0 aromatic heterocycles. The number of hydrogen-bond donors (Lipinski definition) is 2. The molecule has 10 heteroatoms. The van der Waals surface area contributed by atoms with Crippen LogP contribution in [0, 0.1) is 23.6 Å². The van der Waals surface area contributed by atoms with Gasteiger partial charge in [-0.1, -0.05) is 32.9 Å². The highest BCUT2D eigenvalue weighted by molar-refractivity contribution is 5.91. The van der Waals surface area contributed by atoms with E-state index < -0.39 is 41.8 Å². The number of fused-ring (bicyclic) bond motifs is 4. The number of carbonyl (C=O) groups is 4. The van der Waals surface area contributed by atoms with Crippen LogP contribution in [0.15, 0.2) is 30.4 Å². The molecule has 0 aliphatic carbocycles. The van der Waals surface area contributed by atoms with E-state index in [1.165, 1.54) is 23.2 Å². The fraction of sp³-hybridized carbons (Fsp3) is 0.586. The second-order valence-corrected chi connectivity index (χ2v) is 10.7. The van der Waals surface area contributed by atoms with Gasteiger partial charge in [-0.2, -0.15) is 0 Å². The number of amides is 2. The number of hydrogen-bond acceptors (Lipinski definition) is 7. The number of benzene rings is 1. The number of ether oxygens (including phenoxy) is 2. The molecule has 0 saturated carbocycles. The van der Waals surface area contributed by atoms with Crippen molar-refractivity contribution in [3.05, 3.63) is 41.7 Å². The fourth-order valence-corrected chi connectivity index (χ4v) is 4.67. The van der Waals surface area contributed by atoms with Gasteiger partial charge in [-0.3, -0.25) is 24.2 Å². The predicted octanol–water partition coefficient (Wildman–Crippen LogP) is 3.64. The zero-order chi connectivity index (χ0) is 28.7. The standard InChI is InChI=1S/C29H40FN3O6/c1-17(2)22-16-26(34)18(3)9-6-7-14-38-21-11-12-24(30)23(15-21)20(5)39-29(37)25-10-8-13-33(32-25)28(36)19(4)31-27(22)35/h6-7,11-12,15,17-20,22,25,32H,8-10,13-14,16H2,1-5H3,(H,31,35)/b7-6+/t18-,19+,20-,22+,25?/m1/s1. The molecule has 2 N–H and O–H groups in total. The first-order chi connectivity index (χ1) is 18.5. The Kier molecular flexibility index (Phi) is 10.6. The summed E-state index contributed by atoms with van der Waals surface area (Å²) < 4.78 is 25.8. The van der Waals surface area contributed by atoms with Gasteiger partial charge in [-0.25, -0.2) is 9.82 Å². The quantitative estimate of drug-likeness (QED) is 0.409. The van der Waals surface area contributed by atoms with E-state index in [2.05, 4.69) is 10.7 Å². The van der Waals surface area contributed by atoms with E-state index in [4.69, 9.17) is 9.47 Å². The molecule has 9 nitrogen and oxygen atoms in total. The molecule has 1 saturated heterocycles.